The van der Waals surface area contributed by atoms with E-state index in [4.69, 9.17) is 9.26 Å². The van der Waals surface area contributed by atoms with E-state index in [9.17, 15) is 4.39 Å². The number of nitrogens with zero attached hydrogens (tertiary/aromatic N) is 4. The largest absolute Gasteiger partial charge is 0.380 e. The molecule has 1 unspecified atom stereocenters. The summed E-state index contributed by atoms with van der Waals surface area (Å²) in [6, 6.07) is 8.13. The molecule has 0 N–H and O–H groups in total. The summed E-state index contributed by atoms with van der Waals surface area (Å²) in [6.07, 6.45) is 4.43. The molecular weight excluding hydrogens is 311 g/mol. The van der Waals surface area contributed by atoms with Crippen LogP contribution in [0.1, 0.15) is 29.5 Å². The van der Waals surface area contributed by atoms with Crippen molar-refractivity contribution >= 4 is 0 Å². The lowest BCUT2D eigenvalue weighted by Gasteiger charge is -2.23. The highest BCUT2D eigenvalue weighted by Gasteiger charge is 2.42. The number of benzene rings is 1. The molecule has 2 aromatic heterocycles. The van der Waals surface area contributed by atoms with Gasteiger partial charge in [-0.1, -0.05) is 17.3 Å². The van der Waals surface area contributed by atoms with Crippen LogP contribution in [0.25, 0.3) is 0 Å². The number of ether oxygens (including phenoxy) is 1. The van der Waals surface area contributed by atoms with Crippen molar-refractivity contribution in [2.24, 2.45) is 0 Å². The zero-order chi connectivity index (χ0) is 16.4. The molecule has 24 heavy (non-hydrogen) atoms. The van der Waals surface area contributed by atoms with Crippen molar-refractivity contribution in [2.45, 2.75) is 18.3 Å². The number of halogens is 1. The van der Waals surface area contributed by atoms with E-state index in [1.165, 1.54) is 12.1 Å². The minimum Gasteiger partial charge on any atom is -0.380 e. The third-order valence-corrected chi connectivity index (χ3v) is 4.24. The van der Waals surface area contributed by atoms with Crippen LogP contribution in [0, 0.1) is 5.82 Å². The van der Waals surface area contributed by atoms with Crippen LogP contribution in [0.4, 0.5) is 4.39 Å². The van der Waals surface area contributed by atoms with Crippen LogP contribution in [-0.4, -0.2) is 33.3 Å². The first kappa shape index (κ1) is 14.9. The van der Waals surface area contributed by atoms with Gasteiger partial charge in [-0.25, -0.2) is 14.4 Å². The lowest BCUT2D eigenvalue weighted by molar-refractivity contribution is 0.182. The Hall–Kier alpha value is -2.67. The fourth-order valence-corrected chi connectivity index (χ4v) is 2.94. The lowest BCUT2D eigenvalue weighted by atomic mass is 9.79. The van der Waals surface area contributed by atoms with E-state index in [1.807, 2.05) is 0 Å². The van der Waals surface area contributed by atoms with E-state index in [-0.39, 0.29) is 5.82 Å². The molecule has 1 aromatic carbocycles. The Morgan fingerprint density at radius 3 is 2.62 bits per heavy atom. The molecule has 1 aliphatic heterocycles. The summed E-state index contributed by atoms with van der Waals surface area (Å²) in [6.45, 7) is 1.04. The zero-order valence-electron chi connectivity index (χ0n) is 12.9. The van der Waals surface area contributed by atoms with E-state index < -0.39 is 5.41 Å². The van der Waals surface area contributed by atoms with Crippen molar-refractivity contribution in [3.05, 3.63) is 71.6 Å². The third kappa shape index (κ3) is 2.67. The van der Waals surface area contributed by atoms with Crippen LogP contribution in [-0.2, 0) is 16.6 Å². The molecule has 0 amide bonds. The predicted octanol–water partition coefficient (Wildman–Crippen LogP) is 2.30. The SMILES string of the molecule is Fc1ccc(C2(c3noc(Cc4ncccn4)n3)CCOC2)cc1. The maximum absolute atomic E-state index is 13.3. The van der Waals surface area contributed by atoms with Gasteiger partial charge >= 0.3 is 0 Å². The Morgan fingerprint density at radius 2 is 1.92 bits per heavy atom. The van der Waals surface area contributed by atoms with Crippen molar-refractivity contribution in [3.8, 4) is 0 Å². The lowest BCUT2D eigenvalue weighted by Crippen LogP contribution is -2.29. The molecule has 1 saturated heterocycles. The highest BCUT2D eigenvalue weighted by molar-refractivity contribution is 5.34. The van der Waals surface area contributed by atoms with Gasteiger partial charge in [0, 0.05) is 19.0 Å². The van der Waals surface area contributed by atoms with Gasteiger partial charge < -0.3 is 9.26 Å². The molecule has 0 bridgehead atoms. The van der Waals surface area contributed by atoms with Crippen LogP contribution in [0.15, 0.2) is 47.2 Å². The summed E-state index contributed by atoms with van der Waals surface area (Å²) < 4.78 is 24.2. The Kier molecular flexibility index (Phi) is 3.78. The second-order valence-corrected chi connectivity index (χ2v) is 5.75. The van der Waals surface area contributed by atoms with Crippen LogP contribution in [0.2, 0.25) is 0 Å². The average molecular weight is 326 g/mol. The first-order valence-electron chi connectivity index (χ1n) is 7.69. The van der Waals surface area contributed by atoms with Gasteiger partial charge in [-0.2, -0.15) is 4.98 Å². The van der Waals surface area contributed by atoms with Gasteiger partial charge in [-0.05, 0) is 30.2 Å². The summed E-state index contributed by atoms with van der Waals surface area (Å²) in [5, 5.41) is 4.15. The fourth-order valence-electron chi connectivity index (χ4n) is 2.94. The van der Waals surface area contributed by atoms with E-state index in [0.717, 1.165) is 12.0 Å². The van der Waals surface area contributed by atoms with Crippen molar-refractivity contribution in [3.63, 3.8) is 0 Å². The molecular formula is C17H15FN4O2. The van der Waals surface area contributed by atoms with Crippen molar-refractivity contribution in [1.29, 1.82) is 0 Å². The highest BCUT2D eigenvalue weighted by Crippen LogP contribution is 2.38. The topological polar surface area (TPSA) is 73.9 Å². The Labute approximate surface area is 137 Å². The maximum atomic E-state index is 13.3. The second-order valence-electron chi connectivity index (χ2n) is 5.75. The second kappa shape index (κ2) is 6.09. The van der Waals surface area contributed by atoms with Crippen molar-refractivity contribution in [2.75, 3.05) is 13.2 Å². The van der Waals surface area contributed by atoms with Gasteiger partial charge in [0.25, 0.3) is 0 Å². The minimum absolute atomic E-state index is 0.275. The third-order valence-electron chi connectivity index (χ3n) is 4.24. The molecule has 0 radical (unpaired) electrons. The first-order chi connectivity index (χ1) is 11.8. The summed E-state index contributed by atoms with van der Waals surface area (Å²) in [5.41, 5.74) is 0.414. The molecule has 122 valence electrons. The number of rotatable bonds is 4. The van der Waals surface area contributed by atoms with Gasteiger partial charge in [0.05, 0.1) is 18.4 Å². The Morgan fingerprint density at radius 1 is 1.12 bits per heavy atom. The molecule has 6 nitrogen and oxygen atoms in total. The standard InChI is InChI=1S/C17H15FN4O2/c18-13-4-2-12(3-5-13)17(6-9-23-11-17)16-21-15(24-22-16)10-14-19-7-1-8-20-14/h1-5,7-8H,6,9-11H2. The van der Waals surface area contributed by atoms with E-state index in [2.05, 4.69) is 20.1 Å². The Bertz CT molecular complexity index is 814. The monoisotopic (exact) mass is 326 g/mol. The number of aromatic nitrogens is 4. The molecule has 0 spiro atoms. The smallest absolute Gasteiger partial charge is 0.234 e. The summed E-state index contributed by atoms with van der Waals surface area (Å²) >= 11 is 0. The number of hydrogen-bond acceptors (Lipinski definition) is 6. The van der Waals surface area contributed by atoms with Crippen LogP contribution in [0.3, 0.4) is 0 Å². The van der Waals surface area contributed by atoms with Crippen LogP contribution >= 0.6 is 0 Å². The van der Waals surface area contributed by atoms with Gasteiger partial charge in [0.15, 0.2) is 5.82 Å². The first-order valence-corrected chi connectivity index (χ1v) is 7.69. The van der Waals surface area contributed by atoms with Crippen LogP contribution in [0.5, 0.6) is 0 Å². The molecule has 1 atom stereocenters. The molecule has 3 heterocycles. The highest BCUT2D eigenvalue weighted by atomic mass is 19.1. The van der Waals surface area contributed by atoms with Gasteiger partial charge in [-0.3, -0.25) is 0 Å². The van der Waals surface area contributed by atoms with Crippen molar-refractivity contribution < 1.29 is 13.7 Å². The minimum atomic E-state index is -0.507. The molecule has 1 fully saturated rings. The van der Waals surface area contributed by atoms with Gasteiger partial charge in [-0.15, -0.1) is 0 Å². The van der Waals surface area contributed by atoms with Gasteiger partial charge in [0.1, 0.15) is 11.6 Å². The maximum Gasteiger partial charge on any atom is 0.234 e. The molecule has 4 rings (SSSR count). The van der Waals surface area contributed by atoms with Gasteiger partial charge in [0.2, 0.25) is 5.89 Å². The van der Waals surface area contributed by atoms with E-state index >= 15 is 0 Å². The zero-order valence-corrected chi connectivity index (χ0v) is 12.9. The summed E-state index contributed by atoms with van der Waals surface area (Å²) in [5.74, 6) is 1.34. The fraction of sp³-hybridized carbons (Fsp3) is 0.294. The predicted molar refractivity (Wildman–Crippen MR) is 81.8 cm³/mol. The molecule has 0 saturated carbocycles. The average Bonchev–Trinajstić information content (AvgIpc) is 3.27. The molecule has 7 heteroatoms. The van der Waals surface area contributed by atoms with Crippen molar-refractivity contribution in [1.82, 2.24) is 20.1 Å². The number of hydrogen-bond donors (Lipinski definition) is 0. The molecule has 1 aliphatic rings. The molecule has 0 aliphatic carbocycles. The molecule has 3 aromatic rings. The normalized spacial score (nSPS) is 20.4. The summed E-state index contributed by atoms with van der Waals surface area (Å²) in [7, 11) is 0. The quantitative estimate of drug-likeness (QED) is 0.732. The van der Waals surface area contributed by atoms with E-state index in [0.29, 0.717) is 37.2 Å². The van der Waals surface area contributed by atoms with E-state index in [1.54, 1.807) is 30.6 Å². The summed E-state index contributed by atoms with van der Waals surface area (Å²) in [4.78, 5) is 12.8. The van der Waals surface area contributed by atoms with Crippen LogP contribution < -0.4 is 0 Å². The Balaban J connectivity index is 1.66.